The van der Waals surface area contributed by atoms with E-state index in [2.05, 4.69) is 12.1 Å². The van der Waals surface area contributed by atoms with Gasteiger partial charge in [0, 0.05) is 22.6 Å². The first-order chi connectivity index (χ1) is 14.6. The van der Waals surface area contributed by atoms with Crippen molar-refractivity contribution in [3.63, 3.8) is 0 Å². The molecule has 0 aliphatic carbocycles. The van der Waals surface area contributed by atoms with Crippen LogP contribution in [0.3, 0.4) is 0 Å². The van der Waals surface area contributed by atoms with Gasteiger partial charge in [0.1, 0.15) is 39.3 Å². The van der Waals surface area contributed by atoms with Gasteiger partial charge in [-0.25, -0.2) is 4.79 Å². The summed E-state index contributed by atoms with van der Waals surface area (Å²) in [4.78, 5) is 14.8. The van der Waals surface area contributed by atoms with Crippen LogP contribution in [0.5, 0.6) is 23.0 Å². The van der Waals surface area contributed by atoms with Gasteiger partial charge in [-0.15, -0.1) is 0 Å². The summed E-state index contributed by atoms with van der Waals surface area (Å²) in [5.74, 6) is 0.942. The summed E-state index contributed by atoms with van der Waals surface area (Å²) in [5, 5.41) is 20.4. The van der Waals surface area contributed by atoms with E-state index in [1.54, 1.807) is 6.07 Å². The quantitative estimate of drug-likeness (QED) is 0.338. The molecule has 1 saturated heterocycles. The molecule has 2 aliphatic heterocycles. The monoisotopic (exact) mass is 412 g/mol. The molecule has 2 aliphatic rings. The molecule has 3 aromatic rings. The van der Waals surface area contributed by atoms with Gasteiger partial charge < -0.3 is 33.9 Å². The highest BCUT2D eigenvalue weighted by atomic mass is 16.7. The first kappa shape index (κ1) is 18.8. The Labute approximate surface area is 172 Å². The number of aromatic hydroxyl groups is 2. The van der Waals surface area contributed by atoms with Crippen molar-refractivity contribution in [3.05, 3.63) is 57.9 Å². The molecule has 8 heteroatoms. The Morgan fingerprint density at radius 2 is 1.60 bits per heavy atom. The lowest BCUT2D eigenvalue weighted by molar-refractivity contribution is -1.02. The van der Waals surface area contributed by atoms with Gasteiger partial charge >= 0.3 is 5.63 Å². The molecule has 30 heavy (non-hydrogen) atoms. The maximum atomic E-state index is 12.0. The molecule has 0 bridgehead atoms. The second-order valence-electron chi connectivity index (χ2n) is 7.94. The van der Waals surface area contributed by atoms with Crippen LogP contribution in [-0.4, -0.2) is 43.2 Å². The molecule has 4 N–H and O–H groups in total. The molecule has 0 radical (unpaired) electrons. The van der Waals surface area contributed by atoms with E-state index in [9.17, 15) is 15.0 Å². The van der Waals surface area contributed by atoms with Gasteiger partial charge in [-0.1, -0.05) is 0 Å². The summed E-state index contributed by atoms with van der Waals surface area (Å²) >= 11 is 0. The first-order valence-corrected chi connectivity index (χ1v) is 10.1. The minimum Gasteiger partial charge on any atom is -0.504 e. The fourth-order valence-electron chi connectivity index (χ4n) is 4.33. The molecule has 5 rings (SSSR count). The average Bonchev–Trinajstić information content (AvgIpc) is 3.20. The highest BCUT2D eigenvalue weighted by Crippen LogP contribution is 2.34. The van der Waals surface area contributed by atoms with Crippen LogP contribution in [0.15, 0.2) is 45.6 Å². The van der Waals surface area contributed by atoms with Crippen molar-refractivity contribution >= 4 is 11.0 Å². The van der Waals surface area contributed by atoms with Crippen molar-refractivity contribution in [3.8, 4) is 23.0 Å². The van der Waals surface area contributed by atoms with Crippen LogP contribution in [-0.2, 0) is 13.1 Å². The molecule has 1 aromatic heterocycles. The van der Waals surface area contributed by atoms with Crippen molar-refractivity contribution in [2.75, 3.05) is 33.0 Å². The van der Waals surface area contributed by atoms with Crippen LogP contribution in [0.1, 0.15) is 11.1 Å². The van der Waals surface area contributed by atoms with Crippen molar-refractivity contribution in [2.24, 2.45) is 0 Å². The molecular formula is C22H24N2O6+2. The predicted octanol–water partition coefficient (Wildman–Crippen LogP) is -0.583. The molecule has 0 unspecified atom stereocenters. The number of ether oxygens (including phenoxy) is 2. The van der Waals surface area contributed by atoms with Gasteiger partial charge in [-0.3, -0.25) is 0 Å². The number of benzene rings is 2. The SMILES string of the molecule is O=c1cc(C[NH+]2CC[NH+](Cc3ccc4c(c3)OCO4)CC2)c2ccc(O)c(O)c2o1. The Hall–Kier alpha value is -3.23. The Morgan fingerprint density at radius 3 is 2.40 bits per heavy atom. The lowest BCUT2D eigenvalue weighted by Gasteiger charge is -2.30. The molecule has 0 amide bonds. The number of hydrogen-bond donors (Lipinski definition) is 4. The molecule has 156 valence electrons. The standard InChI is InChI=1S/C22H22N2O6/c25-17-3-2-16-15(10-20(26)30-22(16)21(17)27)12-24-7-5-23(6-8-24)11-14-1-4-18-19(9-14)29-13-28-18/h1-4,9-10,25,27H,5-8,11-13H2/p+2. The summed E-state index contributed by atoms with van der Waals surface area (Å²) in [6.45, 7) is 5.90. The number of rotatable bonds is 4. The summed E-state index contributed by atoms with van der Waals surface area (Å²) in [5.41, 5.74) is 1.58. The second-order valence-corrected chi connectivity index (χ2v) is 7.94. The summed E-state index contributed by atoms with van der Waals surface area (Å²) in [6, 6.07) is 10.7. The minimum absolute atomic E-state index is 0.0453. The topological polar surface area (TPSA) is 98.0 Å². The third kappa shape index (κ3) is 3.55. The summed E-state index contributed by atoms with van der Waals surface area (Å²) in [6.07, 6.45) is 0. The zero-order chi connectivity index (χ0) is 20.7. The van der Waals surface area contributed by atoms with Gasteiger partial charge in [0.25, 0.3) is 0 Å². The normalized spacial score (nSPS) is 20.5. The Kier molecular flexibility index (Phi) is 4.72. The van der Waals surface area contributed by atoms with Crippen LogP contribution < -0.4 is 24.9 Å². The number of phenolic OH excluding ortho intramolecular Hbond substituents is 2. The van der Waals surface area contributed by atoms with E-state index in [1.165, 1.54) is 27.5 Å². The Balaban J connectivity index is 1.25. The zero-order valence-electron chi connectivity index (χ0n) is 16.4. The number of piperazine rings is 1. The fourth-order valence-corrected chi connectivity index (χ4v) is 4.33. The largest absolute Gasteiger partial charge is 0.504 e. The molecule has 0 saturated carbocycles. The van der Waals surface area contributed by atoms with Crippen LogP contribution in [0.2, 0.25) is 0 Å². The van der Waals surface area contributed by atoms with Crippen LogP contribution >= 0.6 is 0 Å². The van der Waals surface area contributed by atoms with Crippen molar-refractivity contribution in [1.29, 1.82) is 0 Å². The highest BCUT2D eigenvalue weighted by molar-refractivity contribution is 5.87. The average molecular weight is 412 g/mol. The number of nitrogens with one attached hydrogen (secondary N) is 2. The first-order valence-electron chi connectivity index (χ1n) is 10.1. The van der Waals surface area contributed by atoms with Gasteiger partial charge in [-0.05, 0) is 30.3 Å². The van der Waals surface area contributed by atoms with E-state index in [0.717, 1.165) is 49.8 Å². The van der Waals surface area contributed by atoms with E-state index in [1.807, 2.05) is 6.07 Å². The zero-order valence-corrected chi connectivity index (χ0v) is 16.4. The van der Waals surface area contributed by atoms with Gasteiger partial charge in [0.2, 0.25) is 12.5 Å². The molecule has 8 nitrogen and oxygen atoms in total. The number of phenols is 2. The maximum Gasteiger partial charge on any atom is 0.336 e. The summed E-state index contributed by atoms with van der Waals surface area (Å²) in [7, 11) is 0. The van der Waals surface area contributed by atoms with E-state index in [4.69, 9.17) is 13.9 Å². The van der Waals surface area contributed by atoms with Crippen molar-refractivity contribution < 1.29 is 33.9 Å². The Bertz CT molecular complexity index is 1150. The molecule has 0 atom stereocenters. The minimum atomic E-state index is -0.523. The predicted molar refractivity (Wildman–Crippen MR) is 107 cm³/mol. The van der Waals surface area contributed by atoms with E-state index >= 15 is 0 Å². The second kappa shape index (κ2) is 7.55. The number of fused-ring (bicyclic) bond motifs is 2. The van der Waals surface area contributed by atoms with Crippen molar-refractivity contribution in [1.82, 2.24) is 0 Å². The fraction of sp³-hybridized carbons (Fsp3) is 0.318. The third-order valence-electron chi connectivity index (χ3n) is 5.95. The molecular weight excluding hydrogens is 388 g/mol. The maximum absolute atomic E-state index is 12.0. The van der Waals surface area contributed by atoms with E-state index in [0.29, 0.717) is 11.9 Å². The van der Waals surface area contributed by atoms with Gasteiger partial charge in [0.05, 0.1) is 0 Å². The number of quaternary nitrogens is 2. The highest BCUT2D eigenvalue weighted by Gasteiger charge is 2.25. The van der Waals surface area contributed by atoms with Crippen LogP contribution in [0.4, 0.5) is 0 Å². The van der Waals surface area contributed by atoms with E-state index < -0.39 is 5.63 Å². The Morgan fingerprint density at radius 1 is 0.867 bits per heavy atom. The molecule has 3 heterocycles. The van der Waals surface area contributed by atoms with Crippen LogP contribution in [0, 0.1) is 0 Å². The summed E-state index contributed by atoms with van der Waals surface area (Å²) < 4.78 is 16.0. The molecule has 1 fully saturated rings. The van der Waals surface area contributed by atoms with Gasteiger partial charge in [0.15, 0.2) is 22.8 Å². The molecule has 2 aromatic carbocycles. The van der Waals surface area contributed by atoms with Gasteiger partial charge in [-0.2, -0.15) is 0 Å². The lowest BCUT2D eigenvalue weighted by atomic mass is 10.1. The molecule has 0 spiro atoms. The van der Waals surface area contributed by atoms with Crippen LogP contribution in [0.25, 0.3) is 11.0 Å². The van der Waals surface area contributed by atoms with E-state index in [-0.39, 0.29) is 23.9 Å². The smallest absolute Gasteiger partial charge is 0.336 e. The third-order valence-corrected chi connectivity index (χ3v) is 5.95. The van der Waals surface area contributed by atoms with Crippen molar-refractivity contribution in [2.45, 2.75) is 13.1 Å². The number of hydrogen-bond acceptors (Lipinski definition) is 6. The lowest BCUT2D eigenvalue weighted by Crippen LogP contribution is -3.27.